The zero-order chi connectivity index (χ0) is 13.4. The van der Waals surface area contributed by atoms with E-state index in [1.54, 1.807) is 6.07 Å². The predicted octanol–water partition coefficient (Wildman–Crippen LogP) is 3.86. The van der Waals surface area contributed by atoms with Crippen LogP contribution in [0, 0.1) is 24.1 Å². The maximum Gasteiger partial charge on any atom is 0.150 e. The number of aromatic nitrogens is 2. The van der Waals surface area contributed by atoms with E-state index < -0.39 is 0 Å². The lowest BCUT2D eigenvalue weighted by Crippen LogP contribution is -2.14. The molecule has 1 heterocycles. The van der Waals surface area contributed by atoms with Gasteiger partial charge in [-0.25, -0.2) is 4.39 Å². The van der Waals surface area contributed by atoms with E-state index in [0.29, 0.717) is 17.1 Å². The SMILES string of the molecule is Cc1nn(C2CCCCC2)c2c(F)cc(C#N)cc12. The van der Waals surface area contributed by atoms with Gasteiger partial charge >= 0.3 is 0 Å². The number of halogens is 1. The van der Waals surface area contributed by atoms with Crippen molar-refractivity contribution in [3.63, 3.8) is 0 Å². The Hall–Kier alpha value is -1.89. The molecule has 0 saturated heterocycles. The van der Waals surface area contributed by atoms with E-state index in [4.69, 9.17) is 5.26 Å². The van der Waals surface area contributed by atoms with Crippen molar-refractivity contribution in [1.29, 1.82) is 5.26 Å². The first-order valence-electron chi connectivity index (χ1n) is 6.79. The first-order valence-corrected chi connectivity index (χ1v) is 6.79. The molecule has 1 aliphatic carbocycles. The Balaban J connectivity index is 2.18. The van der Waals surface area contributed by atoms with Gasteiger partial charge in [0.2, 0.25) is 0 Å². The highest BCUT2D eigenvalue weighted by Crippen LogP contribution is 2.32. The summed E-state index contributed by atoms with van der Waals surface area (Å²) >= 11 is 0. The molecule has 0 radical (unpaired) electrons. The molecule has 0 bridgehead atoms. The molecule has 0 amide bonds. The summed E-state index contributed by atoms with van der Waals surface area (Å²) in [5.41, 5.74) is 1.72. The van der Waals surface area contributed by atoms with Gasteiger partial charge in [0.05, 0.1) is 23.4 Å². The Kier molecular flexibility index (Phi) is 2.98. The smallest absolute Gasteiger partial charge is 0.150 e. The van der Waals surface area contributed by atoms with Crippen LogP contribution in [0.3, 0.4) is 0 Å². The van der Waals surface area contributed by atoms with Crippen LogP contribution >= 0.6 is 0 Å². The molecule has 3 rings (SSSR count). The van der Waals surface area contributed by atoms with Crippen molar-refractivity contribution < 1.29 is 4.39 Å². The Morgan fingerprint density at radius 1 is 1.32 bits per heavy atom. The van der Waals surface area contributed by atoms with E-state index in [1.165, 1.54) is 25.3 Å². The maximum absolute atomic E-state index is 14.3. The Morgan fingerprint density at radius 2 is 2.05 bits per heavy atom. The van der Waals surface area contributed by atoms with E-state index in [2.05, 4.69) is 5.10 Å². The molecule has 1 saturated carbocycles. The lowest BCUT2D eigenvalue weighted by molar-refractivity contribution is 0.334. The fourth-order valence-corrected chi connectivity index (χ4v) is 3.03. The molecule has 1 aromatic carbocycles. The van der Waals surface area contributed by atoms with Crippen LogP contribution in [0.2, 0.25) is 0 Å². The van der Waals surface area contributed by atoms with Crippen molar-refractivity contribution >= 4 is 10.9 Å². The van der Waals surface area contributed by atoms with E-state index in [0.717, 1.165) is 23.9 Å². The van der Waals surface area contributed by atoms with Crippen molar-refractivity contribution in [2.75, 3.05) is 0 Å². The van der Waals surface area contributed by atoms with E-state index >= 15 is 0 Å². The minimum Gasteiger partial charge on any atom is -0.259 e. The van der Waals surface area contributed by atoms with Crippen molar-refractivity contribution in [1.82, 2.24) is 9.78 Å². The molecule has 1 aromatic heterocycles. The molecule has 4 heteroatoms. The zero-order valence-corrected chi connectivity index (χ0v) is 11.0. The molecule has 1 aliphatic rings. The summed E-state index contributed by atoms with van der Waals surface area (Å²) in [4.78, 5) is 0. The van der Waals surface area contributed by atoms with Crippen LogP contribution in [0.15, 0.2) is 12.1 Å². The molecule has 0 unspecified atom stereocenters. The monoisotopic (exact) mass is 257 g/mol. The molecule has 19 heavy (non-hydrogen) atoms. The highest BCUT2D eigenvalue weighted by molar-refractivity contribution is 5.84. The van der Waals surface area contributed by atoms with E-state index in [-0.39, 0.29) is 5.82 Å². The largest absolute Gasteiger partial charge is 0.259 e. The van der Waals surface area contributed by atoms with Crippen LogP contribution in [0.25, 0.3) is 10.9 Å². The number of nitrogens with zero attached hydrogens (tertiary/aromatic N) is 3. The summed E-state index contributed by atoms with van der Waals surface area (Å²) in [6, 6.07) is 5.34. The molecule has 2 aromatic rings. The molecule has 0 spiro atoms. The van der Waals surface area contributed by atoms with Crippen molar-refractivity contribution in [3.05, 3.63) is 29.2 Å². The van der Waals surface area contributed by atoms with Gasteiger partial charge in [-0.1, -0.05) is 19.3 Å². The standard InChI is InChI=1S/C15H16FN3/c1-10-13-7-11(9-17)8-14(16)15(13)19(18-10)12-5-3-2-4-6-12/h7-8,12H,2-6H2,1H3. The maximum atomic E-state index is 14.3. The summed E-state index contributed by atoms with van der Waals surface area (Å²) in [6.45, 7) is 1.88. The van der Waals surface area contributed by atoms with Gasteiger partial charge in [-0.05, 0) is 31.9 Å². The van der Waals surface area contributed by atoms with Crippen LogP contribution in [0.5, 0.6) is 0 Å². The number of benzene rings is 1. The second-order valence-electron chi connectivity index (χ2n) is 5.29. The van der Waals surface area contributed by atoms with E-state index in [9.17, 15) is 4.39 Å². The van der Waals surface area contributed by atoms with Crippen LogP contribution in [0.4, 0.5) is 4.39 Å². The number of aryl methyl sites for hydroxylation is 1. The van der Waals surface area contributed by atoms with Gasteiger partial charge in [0.25, 0.3) is 0 Å². The fraction of sp³-hybridized carbons (Fsp3) is 0.467. The summed E-state index contributed by atoms with van der Waals surface area (Å²) in [7, 11) is 0. The number of hydrogen-bond donors (Lipinski definition) is 0. The van der Waals surface area contributed by atoms with Gasteiger partial charge in [0.1, 0.15) is 11.3 Å². The van der Waals surface area contributed by atoms with Crippen molar-refractivity contribution in [3.8, 4) is 6.07 Å². The molecular formula is C15H16FN3. The van der Waals surface area contributed by atoms with Gasteiger partial charge in [-0.2, -0.15) is 10.4 Å². The number of rotatable bonds is 1. The van der Waals surface area contributed by atoms with Gasteiger partial charge in [0.15, 0.2) is 0 Å². The molecule has 1 fully saturated rings. The molecular weight excluding hydrogens is 241 g/mol. The molecule has 98 valence electrons. The number of nitriles is 1. The lowest BCUT2D eigenvalue weighted by atomic mass is 9.95. The van der Waals surface area contributed by atoms with Gasteiger partial charge in [-0.15, -0.1) is 0 Å². The molecule has 0 N–H and O–H groups in total. The van der Waals surface area contributed by atoms with E-state index in [1.807, 2.05) is 17.7 Å². The Morgan fingerprint density at radius 3 is 2.74 bits per heavy atom. The fourth-order valence-electron chi connectivity index (χ4n) is 3.03. The summed E-state index contributed by atoms with van der Waals surface area (Å²) in [6.07, 6.45) is 5.76. The second-order valence-corrected chi connectivity index (χ2v) is 5.29. The highest BCUT2D eigenvalue weighted by Gasteiger charge is 2.21. The molecule has 0 atom stereocenters. The summed E-state index contributed by atoms with van der Waals surface area (Å²) in [5, 5.41) is 14.2. The van der Waals surface area contributed by atoms with Crippen LogP contribution in [-0.2, 0) is 0 Å². The first-order chi connectivity index (χ1) is 9.20. The van der Waals surface area contributed by atoms with Crippen molar-refractivity contribution in [2.24, 2.45) is 0 Å². The lowest BCUT2D eigenvalue weighted by Gasteiger charge is -2.22. The van der Waals surface area contributed by atoms with Crippen LogP contribution in [-0.4, -0.2) is 9.78 Å². The summed E-state index contributed by atoms with van der Waals surface area (Å²) in [5.74, 6) is -0.333. The third-order valence-corrected chi connectivity index (χ3v) is 3.99. The van der Waals surface area contributed by atoms with Crippen molar-refractivity contribution in [2.45, 2.75) is 45.1 Å². The van der Waals surface area contributed by atoms with Gasteiger partial charge in [-0.3, -0.25) is 4.68 Å². The topological polar surface area (TPSA) is 41.6 Å². The predicted molar refractivity (Wildman–Crippen MR) is 71.3 cm³/mol. The third-order valence-electron chi connectivity index (χ3n) is 3.99. The number of hydrogen-bond acceptors (Lipinski definition) is 2. The highest BCUT2D eigenvalue weighted by atomic mass is 19.1. The first kappa shape index (κ1) is 12.2. The second kappa shape index (κ2) is 4.65. The Bertz CT molecular complexity index is 660. The minimum absolute atomic E-state index is 0.299. The quantitative estimate of drug-likeness (QED) is 0.778. The van der Waals surface area contributed by atoms with Crippen LogP contribution in [0.1, 0.15) is 49.4 Å². The van der Waals surface area contributed by atoms with Crippen LogP contribution < -0.4 is 0 Å². The number of fused-ring (bicyclic) bond motifs is 1. The molecule has 0 aliphatic heterocycles. The minimum atomic E-state index is -0.333. The zero-order valence-electron chi connectivity index (χ0n) is 11.0. The Labute approximate surface area is 111 Å². The average molecular weight is 257 g/mol. The average Bonchev–Trinajstić information content (AvgIpc) is 2.78. The normalized spacial score (nSPS) is 16.7. The molecule has 3 nitrogen and oxygen atoms in total. The third kappa shape index (κ3) is 1.99. The van der Waals surface area contributed by atoms with Gasteiger partial charge in [0, 0.05) is 5.39 Å². The summed E-state index contributed by atoms with van der Waals surface area (Å²) < 4.78 is 16.1. The van der Waals surface area contributed by atoms with Gasteiger partial charge < -0.3 is 0 Å².